The van der Waals surface area contributed by atoms with Gasteiger partial charge in [-0.15, -0.1) is 0 Å². The van der Waals surface area contributed by atoms with E-state index in [1.807, 2.05) is 26.0 Å². The van der Waals surface area contributed by atoms with E-state index in [9.17, 15) is 9.59 Å². The third kappa shape index (κ3) is 3.95. The van der Waals surface area contributed by atoms with Crippen molar-refractivity contribution in [3.05, 3.63) is 57.6 Å². The fraction of sp³-hybridized carbons (Fsp3) is 0.250. The number of amides is 1. The van der Waals surface area contributed by atoms with Gasteiger partial charge in [0.25, 0.3) is 5.91 Å². The molecule has 1 aromatic heterocycles. The number of rotatable bonds is 5. The first-order chi connectivity index (χ1) is 10.5. The summed E-state index contributed by atoms with van der Waals surface area (Å²) in [5.74, 6) is -0.321. The molecule has 116 valence electrons. The van der Waals surface area contributed by atoms with Crippen LogP contribution in [0.25, 0.3) is 0 Å². The zero-order chi connectivity index (χ0) is 16.1. The fourth-order valence-electron chi connectivity index (χ4n) is 1.79. The Morgan fingerprint density at radius 1 is 1.27 bits per heavy atom. The highest BCUT2D eigenvalue weighted by Gasteiger charge is 2.08. The maximum absolute atomic E-state index is 11.8. The summed E-state index contributed by atoms with van der Waals surface area (Å²) in [6.45, 7) is 3.26. The van der Waals surface area contributed by atoms with Crippen molar-refractivity contribution in [3.63, 3.8) is 0 Å². The van der Waals surface area contributed by atoms with E-state index in [-0.39, 0.29) is 30.6 Å². The van der Waals surface area contributed by atoms with E-state index in [1.165, 1.54) is 0 Å². The molecule has 2 N–H and O–H groups in total. The van der Waals surface area contributed by atoms with Crippen LogP contribution in [-0.2, 0) is 11.4 Å². The number of carbonyl (C=O) groups is 1. The molecular formula is C16H17NO5. The van der Waals surface area contributed by atoms with Crippen LogP contribution in [0.2, 0.25) is 0 Å². The summed E-state index contributed by atoms with van der Waals surface area (Å²) in [7, 11) is 0. The number of benzene rings is 1. The molecule has 6 heteroatoms. The molecule has 0 saturated heterocycles. The van der Waals surface area contributed by atoms with Gasteiger partial charge in [0, 0.05) is 11.8 Å². The zero-order valence-corrected chi connectivity index (χ0v) is 12.4. The van der Waals surface area contributed by atoms with E-state index in [0.717, 1.165) is 23.5 Å². The van der Waals surface area contributed by atoms with Gasteiger partial charge >= 0.3 is 0 Å². The van der Waals surface area contributed by atoms with Crippen LogP contribution in [-0.4, -0.2) is 17.6 Å². The zero-order valence-electron chi connectivity index (χ0n) is 12.4. The maximum atomic E-state index is 11.8. The molecule has 1 amide bonds. The van der Waals surface area contributed by atoms with Gasteiger partial charge in [0.2, 0.25) is 11.2 Å². The first-order valence-electron chi connectivity index (χ1n) is 6.72. The maximum Gasteiger partial charge on any atom is 0.262 e. The van der Waals surface area contributed by atoms with Crippen LogP contribution in [0.3, 0.4) is 0 Å². The summed E-state index contributed by atoms with van der Waals surface area (Å²) in [6, 6.07) is 6.69. The van der Waals surface area contributed by atoms with Gasteiger partial charge in [-0.05, 0) is 37.1 Å². The summed E-state index contributed by atoms with van der Waals surface area (Å²) in [6.07, 6.45) is 1.08. The van der Waals surface area contributed by atoms with E-state index in [4.69, 9.17) is 14.3 Å². The smallest absolute Gasteiger partial charge is 0.262 e. The summed E-state index contributed by atoms with van der Waals surface area (Å²) >= 11 is 0. The normalized spacial score (nSPS) is 10.3. The average molecular weight is 303 g/mol. The first kappa shape index (κ1) is 15.8. The fourth-order valence-corrected chi connectivity index (χ4v) is 1.79. The lowest BCUT2D eigenvalue weighted by atomic mass is 10.1. The van der Waals surface area contributed by atoms with Crippen molar-refractivity contribution in [1.82, 2.24) is 0 Å². The Kier molecular flexibility index (Phi) is 4.95. The third-order valence-corrected chi connectivity index (χ3v) is 3.16. The molecule has 2 aromatic rings. The molecule has 0 atom stereocenters. The second-order valence-corrected chi connectivity index (χ2v) is 4.87. The Hall–Kier alpha value is -2.60. The van der Waals surface area contributed by atoms with Crippen molar-refractivity contribution >= 4 is 11.6 Å². The highest BCUT2D eigenvalue weighted by molar-refractivity contribution is 5.92. The number of aryl methyl sites for hydroxylation is 2. The van der Waals surface area contributed by atoms with E-state index < -0.39 is 5.43 Å². The number of hydrogen-bond acceptors (Lipinski definition) is 5. The predicted molar refractivity (Wildman–Crippen MR) is 80.9 cm³/mol. The van der Waals surface area contributed by atoms with Gasteiger partial charge in [-0.2, -0.15) is 0 Å². The van der Waals surface area contributed by atoms with Crippen molar-refractivity contribution in [2.24, 2.45) is 0 Å². The molecule has 6 nitrogen and oxygen atoms in total. The molecule has 1 heterocycles. The average Bonchev–Trinajstić information content (AvgIpc) is 2.49. The molecule has 2 rings (SSSR count). The Morgan fingerprint density at radius 2 is 2.05 bits per heavy atom. The second kappa shape index (κ2) is 6.91. The SMILES string of the molecule is Cc1ccc(NC(=O)COc2coc(CO)cc2=O)cc1C. The molecule has 0 bridgehead atoms. The van der Waals surface area contributed by atoms with Gasteiger partial charge in [0.05, 0.1) is 0 Å². The lowest BCUT2D eigenvalue weighted by Gasteiger charge is -2.08. The molecule has 0 fully saturated rings. The topological polar surface area (TPSA) is 88.8 Å². The van der Waals surface area contributed by atoms with E-state index in [0.29, 0.717) is 5.69 Å². The number of aliphatic hydroxyl groups is 1. The summed E-state index contributed by atoms with van der Waals surface area (Å²) in [5, 5.41) is 11.5. The molecule has 0 aliphatic carbocycles. The number of nitrogens with one attached hydrogen (secondary N) is 1. The Labute approximate surface area is 127 Å². The van der Waals surface area contributed by atoms with Crippen LogP contribution in [0.5, 0.6) is 5.75 Å². The molecule has 0 aliphatic heterocycles. The number of anilines is 1. The first-order valence-corrected chi connectivity index (χ1v) is 6.72. The number of carbonyl (C=O) groups excluding carboxylic acids is 1. The van der Waals surface area contributed by atoms with Gasteiger partial charge in [-0.1, -0.05) is 6.07 Å². The molecule has 0 radical (unpaired) electrons. The van der Waals surface area contributed by atoms with E-state index in [1.54, 1.807) is 6.07 Å². The van der Waals surface area contributed by atoms with Crippen LogP contribution >= 0.6 is 0 Å². The van der Waals surface area contributed by atoms with Crippen molar-refractivity contribution in [1.29, 1.82) is 0 Å². The largest absolute Gasteiger partial charge is 0.477 e. The minimum atomic E-state index is -0.450. The van der Waals surface area contributed by atoms with E-state index >= 15 is 0 Å². The quantitative estimate of drug-likeness (QED) is 0.878. The molecule has 22 heavy (non-hydrogen) atoms. The monoisotopic (exact) mass is 303 g/mol. The molecule has 0 unspecified atom stereocenters. The van der Waals surface area contributed by atoms with Gasteiger partial charge in [-0.25, -0.2) is 0 Å². The lowest BCUT2D eigenvalue weighted by molar-refractivity contribution is -0.118. The molecule has 1 aromatic carbocycles. The van der Waals surface area contributed by atoms with Crippen molar-refractivity contribution in [2.45, 2.75) is 20.5 Å². The van der Waals surface area contributed by atoms with Crippen LogP contribution in [0.15, 0.2) is 39.7 Å². The molecule has 0 aliphatic rings. The second-order valence-electron chi connectivity index (χ2n) is 4.87. The number of hydrogen-bond donors (Lipinski definition) is 2. The van der Waals surface area contributed by atoms with Gasteiger partial charge in [0.15, 0.2) is 6.61 Å². The minimum Gasteiger partial charge on any atom is -0.477 e. The third-order valence-electron chi connectivity index (χ3n) is 3.16. The molecule has 0 saturated carbocycles. The minimum absolute atomic E-state index is 0.0764. The Morgan fingerprint density at radius 3 is 2.68 bits per heavy atom. The van der Waals surface area contributed by atoms with Crippen LogP contribution in [0, 0.1) is 13.8 Å². The predicted octanol–water partition coefficient (Wildman–Crippen LogP) is 1.77. The summed E-state index contributed by atoms with van der Waals surface area (Å²) in [4.78, 5) is 23.4. The van der Waals surface area contributed by atoms with Gasteiger partial charge < -0.3 is 19.6 Å². The van der Waals surface area contributed by atoms with E-state index in [2.05, 4.69) is 5.32 Å². The van der Waals surface area contributed by atoms with Crippen molar-refractivity contribution in [2.75, 3.05) is 11.9 Å². The molecular weight excluding hydrogens is 286 g/mol. The highest BCUT2D eigenvalue weighted by Crippen LogP contribution is 2.14. The van der Waals surface area contributed by atoms with Crippen LogP contribution in [0.4, 0.5) is 5.69 Å². The highest BCUT2D eigenvalue weighted by atomic mass is 16.5. The standard InChI is InChI=1S/C16H17NO5/c1-10-3-4-12(5-11(10)2)17-16(20)9-22-15-8-21-13(7-18)6-14(15)19/h3-6,8,18H,7,9H2,1-2H3,(H,17,20). The number of aliphatic hydroxyl groups excluding tert-OH is 1. The molecule has 0 spiro atoms. The summed E-state index contributed by atoms with van der Waals surface area (Å²) in [5.41, 5.74) is 2.42. The number of ether oxygens (including phenoxy) is 1. The van der Waals surface area contributed by atoms with Crippen molar-refractivity contribution in [3.8, 4) is 5.75 Å². The van der Waals surface area contributed by atoms with Crippen LogP contribution in [0.1, 0.15) is 16.9 Å². The van der Waals surface area contributed by atoms with Gasteiger partial charge in [-0.3, -0.25) is 9.59 Å². The Balaban J connectivity index is 1.95. The lowest BCUT2D eigenvalue weighted by Crippen LogP contribution is -2.22. The van der Waals surface area contributed by atoms with Crippen LogP contribution < -0.4 is 15.5 Å². The summed E-state index contributed by atoms with van der Waals surface area (Å²) < 4.78 is 10.1. The Bertz CT molecular complexity index is 736. The van der Waals surface area contributed by atoms with Gasteiger partial charge in [0.1, 0.15) is 18.6 Å². The van der Waals surface area contributed by atoms with Crippen molar-refractivity contribution < 1.29 is 19.1 Å².